The number of hydrogen-bond acceptors (Lipinski definition) is 4. The molecule has 4 aromatic rings. The van der Waals surface area contributed by atoms with Crippen molar-refractivity contribution in [1.29, 1.82) is 0 Å². The molecule has 2 heterocycles. The fourth-order valence-corrected chi connectivity index (χ4v) is 4.92. The number of rotatable bonds is 6. The summed E-state index contributed by atoms with van der Waals surface area (Å²) in [7, 11) is 3.36. The van der Waals surface area contributed by atoms with Crippen LogP contribution in [-0.4, -0.2) is 55.8 Å². The number of carbonyl (C=O) groups excluding carboxylic acids is 1. The minimum atomic E-state index is 0.0663. The van der Waals surface area contributed by atoms with E-state index in [1.54, 1.807) is 14.2 Å². The topological polar surface area (TPSA) is 46.9 Å². The van der Waals surface area contributed by atoms with Crippen LogP contribution in [0.1, 0.15) is 16.1 Å². The van der Waals surface area contributed by atoms with Gasteiger partial charge in [0.1, 0.15) is 11.5 Å². The fourth-order valence-electron chi connectivity index (χ4n) is 4.92. The molecule has 6 nitrogen and oxygen atoms in total. The number of anilines is 1. The Balaban J connectivity index is 1.44. The molecule has 1 fully saturated rings. The number of amides is 1. The maximum atomic E-state index is 13.8. The zero-order chi connectivity index (χ0) is 25.1. The molecule has 0 N–H and O–H groups in total. The summed E-state index contributed by atoms with van der Waals surface area (Å²) in [5.41, 5.74) is 5.78. The highest BCUT2D eigenvalue weighted by molar-refractivity contribution is 5.97. The third kappa shape index (κ3) is 4.42. The summed E-state index contributed by atoms with van der Waals surface area (Å²) >= 11 is 0. The lowest BCUT2D eigenvalue weighted by Gasteiger charge is -2.36. The van der Waals surface area contributed by atoms with Gasteiger partial charge in [0.05, 0.1) is 31.2 Å². The lowest BCUT2D eigenvalue weighted by atomic mass is 10.1. The van der Waals surface area contributed by atoms with Crippen LogP contribution in [0.25, 0.3) is 16.9 Å². The van der Waals surface area contributed by atoms with E-state index >= 15 is 0 Å². The Bertz CT molecular complexity index is 1340. The Labute approximate surface area is 212 Å². The monoisotopic (exact) mass is 481 g/mol. The molecule has 3 aromatic carbocycles. The molecule has 1 aliphatic heterocycles. The van der Waals surface area contributed by atoms with Crippen LogP contribution in [0.4, 0.5) is 5.69 Å². The molecule has 0 atom stereocenters. The number of nitrogens with zero attached hydrogens (tertiary/aromatic N) is 3. The summed E-state index contributed by atoms with van der Waals surface area (Å²) in [6, 6.07) is 28.2. The maximum absolute atomic E-state index is 13.8. The Morgan fingerprint density at radius 2 is 1.44 bits per heavy atom. The van der Waals surface area contributed by atoms with Gasteiger partial charge in [-0.3, -0.25) is 4.79 Å². The SMILES string of the molecule is COc1ccc(-c2cc(C(=O)N3CCN(c4ccccc4OC)CC3)c(C)n2-c2ccccc2)cc1. The second kappa shape index (κ2) is 10.2. The van der Waals surface area contributed by atoms with Crippen LogP contribution in [0.3, 0.4) is 0 Å². The third-order valence-corrected chi connectivity index (χ3v) is 6.87. The molecule has 1 aliphatic rings. The molecule has 0 aliphatic carbocycles. The zero-order valence-electron chi connectivity index (χ0n) is 21.0. The first-order valence-electron chi connectivity index (χ1n) is 12.2. The second-order valence-electron chi connectivity index (χ2n) is 8.88. The van der Waals surface area contributed by atoms with Crippen molar-refractivity contribution in [1.82, 2.24) is 9.47 Å². The van der Waals surface area contributed by atoms with Crippen molar-refractivity contribution >= 4 is 11.6 Å². The number of carbonyl (C=O) groups is 1. The smallest absolute Gasteiger partial charge is 0.255 e. The summed E-state index contributed by atoms with van der Waals surface area (Å²) in [5.74, 6) is 1.73. The van der Waals surface area contributed by atoms with E-state index < -0.39 is 0 Å². The molecule has 0 bridgehead atoms. The number of ether oxygens (including phenoxy) is 2. The molecule has 0 unspecified atom stereocenters. The quantitative estimate of drug-likeness (QED) is 0.368. The molecule has 6 heteroatoms. The molecule has 36 heavy (non-hydrogen) atoms. The Morgan fingerprint density at radius 3 is 2.11 bits per heavy atom. The summed E-state index contributed by atoms with van der Waals surface area (Å²) in [4.78, 5) is 18.0. The van der Waals surface area contributed by atoms with Crippen LogP contribution in [0.2, 0.25) is 0 Å². The number of piperazine rings is 1. The van der Waals surface area contributed by atoms with Gasteiger partial charge >= 0.3 is 0 Å². The summed E-state index contributed by atoms with van der Waals surface area (Å²) in [6.45, 7) is 4.86. The first-order valence-corrected chi connectivity index (χ1v) is 12.2. The summed E-state index contributed by atoms with van der Waals surface area (Å²) < 4.78 is 13.0. The summed E-state index contributed by atoms with van der Waals surface area (Å²) in [6.07, 6.45) is 0. The van der Waals surface area contributed by atoms with E-state index in [2.05, 4.69) is 27.7 Å². The molecule has 5 rings (SSSR count). The maximum Gasteiger partial charge on any atom is 0.255 e. The van der Waals surface area contributed by atoms with Crippen LogP contribution in [-0.2, 0) is 0 Å². The van der Waals surface area contributed by atoms with Gasteiger partial charge in [0.15, 0.2) is 0 Å². The van der Waals surface area contributed by atoms with E-state index in [-0.39, 0.29) is 5.91 Å². The molecule has 1 amide bonds. The first-order chi connectivity index (χ1) is 17.6. The van der Waals surface area contributed by atoms with Crippen molar-refractivity contribution in [2.45, 2.75) is 6.92 Å². The third-order valence-electron chi connectivity index (χ3n) is 6.87. The predicted molar refractivity (Wildman–Crippen MR) is 144 cm³/mol. The Morgan fingerprint density at radius 1 is 0.778 bits per heavy atom. The highest BCUT2D eigenvalue weighted by Gasteiger charge is 2.27. The largest absolute Gasteiger partial charge is 0.497 e. The molecule has 184 valence electrons. The van der Waals surface area contributed by atoms with Crippen molar-refractivity contribution in [3.05, 3.63) is 96.2 Å². The van der Waals surface area contributed by atoms with Crippen LogP contribution < -0.4 is 14.4 Å². The van der Waals surface area contributed by atoms with E-state index in [0.29, 0.717) is 13.1 Å². The van der Waals surface area contributed by atoms with Gasteiger partial charge in [-0.05, 0) is 67.1 Å². The van der Waals surface area contributed by atoms with Gasteiger partial charge in [-0.25, -0.2) is 0 Å². The number of hydrogen-bond donors (Lipinski definition) is 0. The molecule has 1 aromatic heterocycles. The van der Waals surface area contributed by atoms with Gasteiger partial charge in [0, 0.05) is 37.6 Å². The molecular weight excluding hydrogens is 450 g/mol. The second-order valence-corrected chi connectivity index (χ2v) is 8.88. The van der Waals surface area contributed by atoms with Crippen molar-refractivity contribution in [3.63, 3.8) is 0 Å². The van der Waals surface area contributed by atoms with E-state index in [9.17, 15) is 4.79 Å². The highest BCUT2D eigenvalue weighted by Crippen LogP contribution is 2.32. The van der Waals surface area contributed by atoms with E-state index in [1.165, 1.54) is 0 Å². The van der Waals surface area contributed by atoms with Crippen LogP contribution in [0.15, 0.2) is 84.9 Å². The Hall–Kier alpha value is -4.19. The fraction of sp³-hybridized carbons (Fsp3) is 0.233. The van der Waals surface area contributed by atoms with Crippen LogP contribution in [0.5, 0.6) is 11.5 Å². The molecule has 0 spiro atoms. The van der Waals surface area contributed by atoms with Crippen molar-refractivity contribution < 1.29 is 14.3 Å². The standard InChI is InChI=1S/C30H31N3O3/c1-22-26(30(34)32-19-17-31(18-20-32)27-11-7-8-12-29(27)36-3)21-28(23-13-15-25(35-2)16-14-23)33(22)24-9-5-4-6-10-24/h4-16,21H,17-20H2,1-3H3. The van der Waals surface area contributed by atoms with Gasteiger partial charge < -0.3 is 23.8 Å². The average Bonchev–Trinajstić information content (AvgIpc) is 3.30. The number of para-hydroxylation sites is 3. The van der Waals surface area contributed by atoms with Gasteiger partial charge in [0.2, 0.25) is 0 Å². The van der Waals surface area contributed by atoms with E-state index in [0.717, 1.165) is 58.5 Å². The molecule has 0 radical (unpaired) electrons. The average molecular weight is 482 g/mol. The number of methoxy groups -OCH3 is 2. The number of benzene rings is 3. The van der Waals surface area contributed by atoms with Gasteiger partial charge in [-0.2, -0.15) is 0 Å². The molecule has 0 saturated carbocycles. The molecular formula is C30H31N3O3. The zero-order valence-corrected chi connectivity index (χ0v) is 21.0. The first kappa shape index (κ1) is 23.5. The van der Waals surface area contributed by atoms with Gasteiger partial charge in [-0.1, -0.05) is 30.3 Å². The van der Waals surface area contributed by atoms with Crippen molar-refractivity contribution in [2.75, 3.05) is 45.3 Å². The minimum Gasteiger partial charge on any atom is -0.497 e. The van der Waals surface area contributed by atoms with Gasteiger partial charge in [-0.15, -0.1) is 0 Å². The Kier molecular flexibility index (Phi) is 6.67. The molecule has 1 saturated heterocycles. The summed E-state index contributed by atoms with van der Waals surface area (Å²) in [5, 5.41) is 0. The van der Waals surface area contributed by atoms with Crippen molar-refractivity contribution in [2.24, 2.45) is 0 Å². The highest BCUT2D eigenvalue weighted by atomic mass is 16.5. The normalized spacial score (nSPS) is 13.5. The lowest BCUT2D eigenvalue weighted by molar-refractivity contribution is 0.0746. The minimum absolute atomic E-state index is 0.0663. The van der Waals surface area contributed by atoms with Crippen LogP contribution >= 0.6 is 0 Å². The van der Waals surface area contributed by atoms with E-state index in [1.807, 2.05) is 78.6 Å². The lowest BCUT2D eigenvalue weighted by Crippen LogP contribution is -2.49. The van der Waals surface area contributed by atoms with Crippen LogP contribution in [0, 0.1) is 6.92 Å². The van der Waals surface area contributed by atoms with E-state index in [4.69, 9.17) is 9.47 Å². The number of aromatic nitrogens is 1. The van der Waals surface area contributed by atoms with Crippen molar-refractivity contribution in [3.8, 4) is 28.4 Å². The van der Waals surface area contributed by atoms with Gasteiger partial charge in [0.25, 0.3) is 5.91 Å². The predicted octanol–water partition coefficient (Wildman–Crippen LogP) is 5.43.